The van der Waals surface area contributed by atoms with Crippen molar-refractivity contribution in [3.8, 4) is 5.75 Å². The first-order chi connectivity index (χ1) is 22.6. The number of hydrogen-bond donors (Lipinski definition) is 4. The van der Waals surface area contributed by atoms with Crippen LogP contribution in [0.25, 0.3) is 0 Å². The van der Waals surface area contributed by atoms with Gasteiger partial charge in [0.25, 0.3) is 5.91 Å². The molecule has 2 amide bonds. The van der Waals surface area contributed by atoms with Gasteiger partial charge in [-0.2, -0.15) is 13.2 Å². The van der Waals surface area contributed by atoms with Crippen molar-refractivity contribution in [2.75, 3.05) is 19.0 Å². The highest BCUT2D eigenvalue weighted by Crippen LogP contribution is 2.32. The summed E-state index contributed by atoms with van der Waals surface area (Å²) in [5.41, 5.74) is 4.05. The molecule has 0 spiro atoms. The van der Waals surface area contributed by atoms with E-state index in [1.807, 2.05) is 18.2 Å². The summed E-state index contributed by atoms with van der Waals surface area (Å²) in [6.45, 7) is 5.86. The van der Waals surface area contributed by atoms with Crippen LogP contribution >= 0.6 is 0 Å². The summed E-state index contributed by atoms with van der Waals surface area (Å²) >= 11 is 0. The summed E-state index contributed by atoms with van der Waals surface area (Å²) in [7, 11) is 1.55. The van der Waals surface area contributed by atoms with Crippen LogP contribution in [0.3, 0.4) is 0 Å². The van der Waals surface area contributed by atoms with Gasteiger partial charge in [-0.3, -0.25) is 4.79 Å². The van der Waals surface area contributed by atoms with E-state index in [0.29, 0.717) is 35.4 Å². The molecule has 3 aromatic carbocycles. The number of nitrogens with two attached hydrogens (primary N) is 1. The SMILES string of the molecule is COc1cccc(C(NCC2CC2)c2ccc(F)c(NC(=O)C(/C=C(\N)C(F)(F)F)=Nc3cccc(CNC(=O)OC(C)(C)C)c3)c2)c1. The molecule has 1 aliphatic rings. The largest absolute Gasteiger partial charge is 0.497 e. The molecule has 1 atom stereocenters. The number of rotatable bonds is 12. The molecule has 13 heteroatoms. The molecule has 9 nitrogen and oxygen atoms in total. The normalized spacial score (nSPS) is 14.7. The average Bonchev–Trinajstić information content (AvgIpc) is 3.85. The summed E-state index contributed by atoms with van der Waals surface area (Å²) in [6, 6.07) is 17.2. The van der Waals surface area contributed by atoms with Crippen molar-refractivity contribution >= 4 is 29.1 Å². The van der Waals surface area contributed by atoms with E-state index in [9.17, 15) is 22.8 Å². The van der Waals surface area contributed by atoms with Crippen LogP contribution in [0.2, 0.25) is 0 Å². The summed E-state index contributed by atoms with van der Waals surface area (Å²) < 4.78 is 66.0. The van der Waals surface area contributed by atoms with Gasteiger partial charge in [0, 0.05) is 6.54 Å². The van der Waals surface area contributed by atoms with Crippen molar-refractivity contribution in [2.45, 2.75) is 58.0 Å². The summed E-state index contributed by atoms with van der Waals surface area (Å²) in [6.07, 6.45) is -3.04. The Morgan fingerprint density at radius 3 is 2.40 bits per heavy atom. The zero-order chi connectivity index (χ0) is 35.1. The Labute approximate surface area is 276 Å². The first-order valence-electron chi connectivity index (χ1n) is 15.3. The number of carbonyl (C=O) groups is 2. The topological polar surface area (TPSA) is 127 Å². The molecule has 48 heavy (non-hydrogen) atoms. The highest BCUT2D eigenvalue weighted by molar-refractivity contribution is 6.47. The lowest BCUT2D eigenvalue weighted by Crippen LogP contribution is -2.32. The Morgan fingerprint density at radius 2 is 1.73 bits per heavy atom. The van der Waals surface area contributed by atoms with Crippen LogP contribution in [0.1, 0.15) is 56.3 Å². The number of ether oxygens (including phenoxy) is 2. The van der Waals surface area contributed by atoms with Crippen LogP contribution in [0.4, 0.5) is 33.7 Å². The monoisotopic (exact) mass is 669 g/mol. The van der Waals surface area contributed by atoms with Crippen molar-refractivity contribution < 1.29 is 36.6 Å². The van der Waals surface area contributed by atoms with Crippen LogP contribution in [-0.2, 0) is 16.1 Å². The minimum absolute atomic E-state index is 0.0154. The summed E-state index contributed by atoms with van der Waals surface area (Å²) in [4.78, 5) is 29.6. The molecule has 5 N–H and O–H groups in total. The van der Waals surface area contributed by atoms with Crippen LogP contribution in [0, 0.1) is 11.7 Å². The second-order valence-corrected chi connectivity index (χ2v) is 12.4. The number of halogens is 4. The number of aliphatic imine (C=N–C) groups is 1. The molecule has 1 fully saturated rings. The van der Waals surface area contributed by atoms with E-state index >= 15 is 4.39 Å². The highest BCUT2D eigenvalue weighted by Gasteiger charge is 2.32. The molecule has 0 radical (unpaired) electrons. The van der Waals surface area contributed by atoms with E-state index in [1.54, 1.807) is 52.1 Å². The standard InChI is InChI=1S/C35H39F4N5O4/c1-34(2,3)48-33(46)42-20-22-7-5-9-25(15-22)43-29(18-30(40)35(37,38)39)32(45)44-28-17-24(13-14-27(28)36)31(41-19-21-11-12-21)23-8-6-10-26(16-23)47-4/h5-10,13-18,21,31,41H,11-12,19-20,40H2,1-4H3,(H,42,46)(H,44,45)/b30-18-,43-29?. The molecule has 0 heterocycles. The Hall–Kier alpha value is -4.91. The first kappa shape index (κ1) is 35.9. The van der Waals surface area contributed by atoms with E-state index in [-0.39, 0.29) is 17.9 Å². The lowest BCUT2D eigenvalue weighted by atomic mass is 9.97. The maximum Gasteiger partial charge on any atom is 0.430 e. The molecule has 1 aliphatic carbocycles. The molecular formula is C35H39F4N5O4. The molecule has 0 bridgehead atoms. The van der Waals surface area contributed by atoms with Gasteiger partial charge < -0.3 is 31.2 Å². The van der Waals surface area contributed by atoms with Crippen LogP contribution in [-0.4, -0.2) is 43.1 Å². The Bertz CT molecular complexity index is 1680. The number of nitrogens with zero attached hydrogens (tertiary/aromatic N) is 1. The summed E-state index contributed by atoms with van der Waals surface area (Å²) in [5.74, 6) is -0.782. The van der Waals surface area contributed by atoms with Gasteiger partial charge in [0.2, 0.25) is 0 Å². The maximum absolute atomic E-state index is 15.1. The minimum atomic E-state index is -4.96. The van der Waals surface area contributed by atoms with E-state index in [1.165, 1.54) is 24.3 Å². The number of nitrogens with one attached hydrogen (secondary N) is 3. The second-order valence-electron chi connectivity index (χ2n) is 12.4. The van der Waals surface area contributed by atoms with Crippen molar-refractivity contribution in [3.63, 3.8) is 0 Å². The van der Waals surface area contributed by atoms with E-state index in [4.69, 9.17) is 15.2 Å². The van der Waals surface area contributed by atoms with Crippen molar-refractivity contribution in [1.82, 2.24) is 10.6 Å². The molecule has 0 aromatic heterocycles. The third kappa shape index (κ3) is 10.8. The van der Waals surface area contributed by atoms with Gasteiger partial charge >= 0.3 is 12.3 Å². The molecule has 4 rings (SSSR count). The van der Waals surface area contributed by atoms with Crippen molar-refractivity contribution in [3.05, 3.63) is 101 Å². The average molecular weight is 670 g/mol. The Kier molecular flexibility index (Phi) is 11.5. The van der Waals surface area contributed by atoms with Crippen LogP contribution in [0.15, 0.2) is 83.5 Å². The molecule has 0 saturated heterocycles. The van der Waals surface area contributed by atoms with Gasteiger partial charge in [-0.05, 0) is 105 Å². The number of hydrogen-bond acceptors (Lipinski definition) is 7. The second kappa shape index (κ2) is 15.3. The number of methoxy groups -OCH3 is 1. The zero-order valence-corrected chi connectivity index (χ0v) is 27.1. The lowest BCUT2D eigenvalue weighted by Gasteiger charge is -2.21. The maximum atomic E-state index is 15.1. The molecule has 0 aliphatic heterocycles. The molecule has 256 valence electrons. The van der Waals surface area contributed by atoms with Gasteiger partial charge in [0.1, 0.15) is 28.6 Å². The number of carbonyl (C=O) groups excluding carboxylic acids is 2. The molecule has 1 unspecified atom stereocenters. The third-order valence-electron chi connectivity index (χ3n) is 7.15. The smallest absolute Gasteiger partial charge is 0.430 e. The molecule has 1 saturated carbocycles. The predicted octanol–water partition coefficient (Wildman–Crippen LogP) is 7.06. The van der Waals surface area contributed by atoms with Crippen LogP contribution < -0.4 is 26.4 Å². The fourth-order valence-electron chi connectivity index (χ4n) is 4.60. The summed E-state index contributed by atoms with van der Waals surface area (Å²) in [5, 5.41) is 8.45. The fraction of sp³-hybridized carbons (Fsp3) is 0.343. The number of amides is 2. The van der Waals surface area contributed by atoms with E-state index < -0.39 is 47.0 Å². The van der Waals surface area contributed by atoms with E-state index in [2.05, 4.69) is 20.9 Å². The zero-order valence-electron chi connectivity index (χ0n) is 27.1. The van der Waals surface area contributed by atoms with Gasteiger partial charge in [0.05, 0.1) is 24.5 Å². The Balaban J connectivity index is 1.63. The first-order valence-corrected chi connectivity index (χ1v) is 15.3. The minimum Gasteiger partial charge on any atom is -0.497 e. The quantitative estimate of drug-likeness (QED) is 0.121. The molecular weight excluding hydrogens is 630 g/mol. The van der Waals surface area contributed by atoms with Gasteiger partial charge in [-0.25, -0.2) is 14.2 Å². The number of anilines is 1. The van der Waals surface area contributed by atoms with Gasteiger partial charge in [-0.1, -0.05) is 30.3 Å². The number of benzene rings is 3. The van der Waals surface area contributed by atoms with Gasteiger partial charge in [-0.15, -0.1) is 0 Å². The number of alkyl halides is 3. The number of alkyl carbamates (subject to hydrolysis) is 1. The lowest BCUT2D eigenvalue weighted by molar-refractivity contribution is -0.110. The molecule has 3 aromatic rings. The highest BCUT2D eigenvalue weighted by atomic mass is 19.4. The van der Waals surface area contributed by atoms with Crippen molar-refractivity contribution in [2.24, 2.45) is 16.6 Å². The number of allylic oxidation sites excluding steroid dienone is 1. The Morgan fingerprint density at radius 1 is 1.02 bits per heavy atom. The fourth-order valence-corrected chi connectivity index (χ4v) is 4.60. The van der Waals surface area contributed by atoms with E-state index in [0.717, 1.165) is 18.4 Å². The van der Waals surface area contributed by atoms with Crippen molar-refractivity contribution in [1.29, 1.82) is 0 Å². The third-order valence-corrected chi connectivity index (χ3v) is 7.15. The van der Waals surface area contributed by atoms with Gasteiger partial charge in [0.15, 0.2) is 0 Å². The van der Waals surface area contributed by atoms with Crippen LogP contribution in [0.5, 0.6) is 5.75 Å². The predicted molar refractivity (Wildman–Crippen MR) is 176 cm³/mol.